The molecule has 1 aliphatic heterocycles. The average molecular weight is 547 g/mol. The maximum atomic E-state index is 13.9. The van der Waals surface area contributed by atoms with E-state index in [-0.39, 0.29) is 23.5 Å². The second-order valence-electron chi connectivity index (χ2n) is 8.38. The largest absolute Gasteiger partial charge is 0.504 e. The Morgan fingerprint density at radius 1 is 1.11 bits per heavy atom. The highest BCUT2D eigenvalue weighted by Crippen LogP contribution is 2.35. The van der Waals surface area contributed by atoms with E-state index in [0.29, 0.717) is 36.9 Å². The lowest BCUT2D eigenvalue weighted by Gasteiger charge is -2.25. The van der Waals surface area contributed by atoms with Crippen molar-refractivity contribution in [2.45, 2.75) is 13.0 Å². The first-order valence-corrected chi connectivity index (χ1v) is 13.0. The van der Waals surface area contributed by atoms with Crippen molar-refractivity contribution in [1.82, 2.24) is 4.57 Å². The smallest absolute Gasteiger partial charge is 0.338 e. The Morgan fingerprint density at radius 3 is 2.53 bits per heavy atom. The summed E-state index contributed by atoms with van der Waals surface area (Å²) in [5.74, 6) is -0.344. The highest BCUT2D eigenvalue weighted by Gasteiger charge is 2.35. The summed E-state index contributed by atoms with van der Waals surface area (Å²) in [6.07, 6.45) is 1.59. The minimum absolute atomic E-state index is 0.0766. The van der Waals surface area contributed by atoms with E-state index in [1.807, 2.05) is 30.3 Å². The fraction of sp³-hybridized carbons (Fsp3) is 0.138. The standard InChI is InChI=1S/C29H23ClN2O5S/c1-3-37-28(35)23-24(17-8-5-4-6-9-17)31-29-32(25(23)18-12-14-20(30)15-13-18)27(34)22(38-29)16-19-10-7-11-21(36-2)26(19)33/h4-16,25,33H,3H2,1-2H3/b22-16-/t25-/m1/s1. The summed E-state index contributed by atoms with van der Waals surface area (Å²) in [6.45, 7) is 1.89. The van der Waals surface area contributed by atoms with Crippen LogP contribution >= 0.6 is 22.9 Å². The molecule has 0 amide bonds. The molecule has 192 valence electrons. The maximum Gasteiger partial charge on any atom is 0.338 e. The van der Waals surface area contributed by atoms with Crippen LogP contribution in [0.25, 0.3) is 11.8 Å². The number of rotatable bonds is 6. The molecule has 0 saturated carbocycles. The van der Waals surface area contributed by atoms with Crippen molar-refractivity contribution >= 4 is 40.7 Å². The van der Waals surface area contributed by atoms with Crippen LogP contribution in [-0.4, -0.2) is 29.4 Å². The molecule has 4 aromatic rings. The molecule has 2 heterocycles. The van der Waals surface area contributed by atoms with E-state index in [4.69, 9.17) is 26.1 Å². The number of carbonyl (C=O) groups excluding carboxylic acids is 1. The molecule has 0 spiro atoms. The quantitative estimate of drug-likeness (QED) is 0.364. The zero-order chi connectivity index (χ0) is 26.8. The predicted molar refractivity (Wildman–Crippen MR) is 147 cm³/mol. The number of nitrogens with zero attached hydrogens (tertiary/aromatic N) is 2. The number of halogens is 1. The molecule has 0 radical (unpaired) electrons. The monoisotopic (exact) mass is 546 g/mol. The van der Waals surface area contributed by atoms with Gasteiger partial charge in [-0.05, 0) is 36.8 Å². The number of aromatic hydroxyl groups is 1. The fourth-order valence-corrected chi connectivity index (χ4v) is 5.48. The van der Waals surface area contributed by atoms with E-state index in [2.05, 4.69) is 0 Å². The first kappa shape index (κ1) is 25.5. The minimum atomic E-state index is -0.807. The van der Waals surface area contributed by atoms with E-state index in [1.165, 1.54) is 23.0 Å². The zero-order valence-electron chi connectivity index (χ0n) is 20.6. The highest BCUT2D eigenvalue weighted by molar-refractivity contribution is 7.07. The van der Waals surface area contributed by atoms with Gasteiger partial charge in [0.1, 0.15) is 0 Å². The van der Waals surface area contributed by atoms with E-state index < -0.39 is 12.0 Å². The van der Waals surface area contributed by atoms with Gasteiger partial charge < -0.3 is 14.6 Å². The van der Waals surface area contributed by atoms with Crippen LogP contribution in [0, 0.1) is 0 Å². The molecule has 0 saturated heterocycles. The number of phenolic OH excluding ortho intramolecular Hbond substituents is 1. The normalized spacial score (nSPS) is 15.1. The van der Waals surface area contributed by atoms with Crippen molar-refractivity contribution in [2.24, 2.45) is 4.99 Å². The van der Waals surface area contributed by atoms with Gasteiger partial charge in [0.25, 0.3) is 5.56 Å². The number of ether oxygens (including phenoxy) is 2. The van der Waals surface area contributed by atoms with Gasteiger partial charge in [-0.1, -0.05) is 77.5 Å². The number of thiazole rings is 1. The molecule has 5 rings (SSSR count). The molecule has 0 bridgehead atoms. The lowest BCUT2D eigenvalue weighted by atomic mass is 9.93. The Morgan fingerprint density at radius 2 is 1.84 bits per heavy atom. The topological polar surface area (TPSA) is 90.1 Å². The fourth-order valence-electron chi connectivity index (χ4n) is 4.36. The SMILES string of the molecule is CCOC(=O)C1=C(c2ccccc2)N=c2s/c(=C\c3cccc(OC)c3O)c(=O)n2[C@@H]1c1ccc(Cl)cc1. The van der Waals surface area contributed by atoms with Gasteiger partial charge in [0.05, 0.1) is 35.6 Å². The van der Waals surface area contributed by atoms with Crippen LogP contribution in [0.5, 0.6) is 11.5 Å². The highest BCUT2D eigenvalue weighted by atomic mass is 35.5. The Balaban J connectivity index is 1.83. The third-order valence-corrected chi connectivity index (χ3v) is 7.33. The van der Waals surface area contributed by atoms with Crippen LogP contribution in [-0.2, 0) is 9.53 Å². The number of methoxy groups -OCH3 is 1. The third-order valence-electron chi connectivity index (χ3n) is 6.10. The Labute approximate surface area is 227 Å². The number of hydrogen-bond donors (Lipinski definition) is 1. The van der Waals surface area contributed by atoms with Crippen LogP contribution in [0.4, 0.5) is 0 Å². The molecule has 38 heavy (non-hydrogen) atoms. The van der Waals surface area contributed by atoms with Crippen LogP contribution in [0.2, 0.25) is 5.02 Å². The molecule has 9 heteroatoms. The summed E-state index contributed by atoms with van der Waals surface area (Å²) in [5.41, 5.74) is 2.15. The van der Waals surface area contributed by atoms with Gasteiger partial charge in [0.15, 0.2) is 16.3 Å². The van der Waals surface area contributed by atoms with Crippen molar-refractivity contribution in [3.8, 4) is 11.5 Å². The second kappa shape index (κ2) is 10.7. The maximum absolute atomic E-state index is 13.9. The van der Waals surface area contributed by atoms with Gasteiger partial charge in [-0.15, -0.1) is 0 Å². The predicted octanol–water partition coefficient (Wildman–Crippen LogP) is 4.30. The van der Waals surface area contributed by atoms with Crippen molar-refractivity contribution in [2.75, 3.05) is 13.7 Å². The van der Waals surface area contributed by atoms with Crippen LogP contribution in [0.1, 0.15) is 29.7 Å². The summed E-state index contributed by atoms with van der Waals surface area (Å²) in [7, 11) is 1.46. The molecule has 1 aromatic heterocycles. The number of fused-ring (bicyclic) bond motifs is 1. The number of esters is 1. The lowest BCUT2D eigenvalue weighted by molar-refractivity contribution is -0.138. The van der Waals surface area contributed by atoms with Gasteiger partial charge in [0.2, 0.25) is 0 Å². The van der Waals surface area contributed by atoms with Gasteiger partial charge in [-0.25, -0.2) is 9.79 Å². The van der Waals surface area contributed by atoms with Crippen molar-refractivity contribution < 1.29 is 19.4 Å². The summed E-state index contributed by atoms with van der Waals surface area (Å²) in [6, 6.07) is 20.6. The molecule has 1 aliphatic rings. The summed E-state index contributed by atoms with van der Waals surface area (Å²) in [4.78, 5) is 32.5. The summed E-state index contributed by atoms with van der Waals surface area (Å²) >= 11 is 7.33. The Bertz CT molecular complexity index is 1720. The van der Waals surface area contributed by atoms with Crippen LogP contribution < -0.4 is 19.6 Å². The van der Waals surface area contributed by atoms with Gasteiger partial charge in [-0.2, -0.15) is 0 Å². The number of hydrogen-bond acceptors (Lipinski definition) is 7. The van der Waals surface area contributed by atoms with Crippen molar-refractivity contribution in [1.29, 1.82) is 0 Å². The Kier molecular flexibility index (Phi) is 7.18. The van der Waals surface area contributed by atoms with E-state index in [0.717, 1.165) is 5.56 Å². The molecular weight excluding hydrogens is 524 g/mol. The molecule has 0 unspecified atom stereocenters. The zero-order valence-corrected chi connectivity index (χ0v) is 22.1. The first-order valence-electron chi connectivity index (χ1n) is 11.8. The van der Waals surface area contributed by atoms with Crippen LogP contribution in [0.3, 0.4) is 0 Å². The van der Waals surface area contributed by atoms with E-state index in [1.54, 1.807) is 55.5 Å². The number of para-hydroxylation sites is 1. The van der Waals surface area contributed by atoms with Gasteiger partial charge >= 0.3 is 5.97 Å². The van der Waals surface area contributed by atoms with E-state index in [9.17, 15) is 14.7 Å². The minimum Gasteiger partial charge on any atom is -0.504 e. The number of aromatic nitrogens is 1. The number of phenols is 1. The summed E-state index contributed by atoms with van der Waals surface area (Å²) < 4.78 is 12.5. The Hall–Kier alpha value is -4.14. The van der Waals surface area contributed by atoms with E-state index >= 15 is 0 Å². The molecule has 7 nitrogen and oxygen atoms in total. The van der Waals surface area contributed by atoms with Gasteiger partial charge in [-0.3, -0.25) is 9.36 Å². The first-order chi connectivity index (χ1) is 18.4. The molecular formula is C29H23ClN2O5S. The number of benzene rings is 3. The summed E-state index contributed by atoms with van der Waals surface area (Å²) in [5, 5.41) is 11.1. The molecule has 0 aliphatic carbocycles. The van der Waals surface area contributed by atoms with Crippen molar-refractivity contribution in [3.63, 3.8) is 0 Å². The second-order valence-corrected chi connectivity index (χ2v) is 9.83. The molecule has 1 N–H and O–H groups in total. The molecule has 3 aromatic carbocycles. The third kappa shape index (κ3) is 4.64. The average Bonchev–Trinajstić information content (AvgIpc) is 3.24. The van der Waals surface area contributed by atoms with Crippen LogP contribution in [0.15, 0.2) is 88.2 Å². The molecule has 1 atom stereocenters. The van der Waals surface area contributed by atoms with Crippen molar-refractivity contribution in [3.05, 3.63) is 120 Å². The number of carbonyl (C=O) groups is 1. The molecule has 0 fully saturated rings. The lowest BCUT2D eigenvalue weighted by Crippen LogP contribution is -2.40. The van der Waals surface area contributed by atoms with Gasteiger partial charge in [0, 0.05) is 16.1 Å².